The Balaban J connectivity index is 2.02. The fraction of sp³-hybridized carbons (Fsp3) is 0.733. The third-order valence-corrected chi connectivity index (χ3v) is 6.00. The third-order valence-electron chi connectivity index (χ3n) is 4.31. The molecule has 1 aromatic rings. The Bertz CT molecular complexity index is 565. The molecule has 0 N–H and O–H groups in total. The van der Waals surface area contributed by atoms with E-state index in [-0.39, 0.29) is 5.09 Å². The Hall–Kier alpha value is -0.850. The zero-order valence-corrected chi connectivity index (χ0v) is 14.2. The second-order valence-corrected chi connectivity index (χ2v) is 8.43. The molecule has 0 bridgehead atoms. The predicted octanol–water partition coefficient (Wildman–Crippen LogP) is 2.54. The summed E-state index contributed by atoms with van der Waals surface area (Å²) in [6, 6.07) is 3.87. The van der Waals surface area contributed by atoms with Crippen molar-refractivity contribution in [1.29, 1.82) is 0 Å². The molecule has 0 spiro atoms. The van der Waals surface area contributed by atoms with Crippen molar-refractivity contribution in [2.75, 3.05) is 21.1 Å². The molecule has 1 heterocycles. The first-order valence-electron chi connectivity index (χ1n) is 7.52. The van der Waals surface area contributed by atoms with E-state index in [9.17, 15) is 8.42 Å². The maximum absolute atomic E-state index is 12.0. The first kappa shape index (κ1) is 16.5. The van der Waals surface area contributed by atoms with Crippen LogP contribution in [0.3, 0.4) is 0 Å². The van der Waals surface area contributed by atoms with Crippen molar-refractivity contribution >= 4 is 10.0 Å². The first-order chi connectivity index (χ1) is 9.80. The van der Waals surface area contributed by atoms with Gasteiger partial charge in [0.1, 0.15) is 5.76 Å². The number of rotatable bonds is 5. The minimum Gasteiger partial charge on any atom is -0.447 e. The van der Waals surface area contributed by atoms with Gasteiger partial charge in [-0.1, -0.05) is 19.8 Å². The van der Waals surface area contributed by atoms with Crippen molar-refractivity contribution in [3.8, 4) is 0 Å². The lowest BCUT2D eigenvalue weighted by Crippen LogP contribution is -2.34. The van der Waals surface area contributed by atoms with Crippen LogP contribution in [0, 0.1) is 5.92 Å². The maximum atomic E-state index is 12.0. The highest BCUT2D eigenvalue weighted by Crippen LogP contribution is 2.28. The van der Waals surface area contributed by atoms with E-state index in [1.807, 2.05) is 0 Å². The van der Waals surface area contributed by atoms with E-state index in [0.29, 0.717) is 18.3 Å². The predicted molar refractivity (Wildman–Crippen MR) is 82.5 cm³/mol. The van der Waals surface area contributed by atoms with Crippen LogP contribution in [0.4, 0.5) is 0 Å². The Labute approximate surface area is 128 Å². The lowest BCUT2D eigenvalue weighted by Gasteiger charge is -2.33. The minimum atomic E-state index is -3.48. The van der Waals surface area contributed by atoms with Crippen LogP contribution in [0.15, 0.2) is 21.6 Å². The standard InChI is InChI=1S/C15H26N2O3S/c1-12-6-5-7-13(10-12)17(4)11-14-8-9-15(20-14)21(18,19)16(2)3/h8-9,12-13H,5-7,10-11H2,1-4H3/t12-,13-/m1/s1. The fourth-order valence-electron chi connectivity index (χ4n) is 2.94. The molecule has 0 aliphatic heterocycles. The molecule has 21 heavy (non-hydrogen) atoms. The zero-order valence-electron chi connectivity index (χ0n) is 13.4. The molecule has 0 unspecified atom stereocenters. The summed E-state index contributed by atoms with van der Waals surface area (Å²) in [7, 11) is 1.63. The zero-order chi connectivity index (χ0) is 15.6. The lowest BCUT2D eigenvalue weighted by molar-refractivity contribution is 0.146. The van der Waals surface area contributed by atoms with Gasteiger partial charge in [-0.25, -0.2) is 12.7 Å². The number of hydrogen-bond acceptors (Lipinski definition) is 4. The third kappa shape index (κ3) is 3.87. The number of nitrogens with zero attached hydrogens (tertiary/aromatic N) is 2. The number of sulfonamides is 1. The molecule has 0 saturated heterocycles. The summed E-state index contributed by atoms with van der Waals surface area (Å²) in [5, 5.41) is 0.0212. The van der Waals surface area contributed by atoms with Crippen molar-refractivity contribution in [2.24, 2.45) is 5.92 Å². The van der Waals surface area contributed by atoms with Gasteiger partial charge in [-0.3, -0.25) is 4.90 Å². The van der Waals surface area contributed by atoms with Crippen LogP contribution in [0.5, 0.6) is 0 Å². The summed E-state index contributed by atoms with van der Waals surface area (Å²) >= 11 is 0. The van der Waals surface area contributed by atoms with E-state index in [1.165, 1.54) is 44.1 Å². The molecule has 0 aromatic carbocycles. The van der Waals surface area contributed by atoms with Gasteiger partial charge in [-0.2, -0.15) is 0 Å². The Morgan fingerprint density at radius 2 is 1.95 bits per heavy atom. The van der Waals surface area contributed by atoms with E-state index in [1.54, 1.807) is 12.1 Å². The van der Waals surface area contributed by atoms with Crippen LogP contribution >= 0.6 is 0 Å². The number of furan rings is 1. The van der Waals surface area contributed by atoms with Crippen LogP contribution in [0.1, 0.15) is 38.4 Å². The van der Waals surface area contributed by atoms with Gasteiger partial charge in [0, 0.05) is 20.1 Å². The van der Waals surface area contributed by atoms with Gasteiger partial charge in [-0.05, 0) is 37.9 Å². The molecule has 1 aliphatic rings. The number of hydrogen-bond donors (Lipinski definition) is 0. The van der Waals surface area contributed by atoms with Crippen molar-refractivity contribution in [3.63, 3.8) is 0 Å². The van der Waals surface area contributed by atoms with Gasteiger partial charge < -0.3 is 4.42 Å². The maximum Gasteiger partial charge on any atom is 0.275 e. The molecule has 2 atom stereocenters. The quantitative estimate of drug-likeness (QED) is 0.838. The normalized spacial score (nSPS) is 23.9. The van der Waals surface area contributed by atoms with Gasteiger partial charge in [0.15, 0.2) is 0 Å². The molecule has 6 heteroatoms. The largest absolute Gasteiger partial charge is 0.447 e. The molecule has 120 valence electrons. The summed E-state index contributed by atoms with van der Waals surface area (Å²) in [6.45, 7) is 2.95. The van der Waals surface area contributed by atoms with E-state index in [0.717, 1.165) is 5.92 Å². The molecular formula is C15H26N2O3S. The summed E-state index contributed by atoms with van der Waals surface area (Å²) in [5.74, 6) is 1.48. The Morgan fingerprint density at radius 1 is 1.24 bits per heavy atom. The fourth-order valence-corrected chi connectivity index (χ4v) is 3.75. The van der Waals surface area contributed by atoms with Crippen molar-refractivity contribution in [3.05, 3.63) is 17.9 Å². The molecular weight excluding hydrogens is 288 g/mol. The van der Waals surface area contributed by atoms with Crippen molar-refractivity contribution in [1.82, 2.24) is 9.21 Å². The van der Waals surface area contributed by atoms with E-state index in [2.05, 4.69) is 18.9 Å². The van der Waals surface area contributed by atoms with Gasteiger partial charge in [-0.15, -0.1) is 0 Å². The summed E-state index contributed by atoms with van der Waals surface area (Å²) in [6.07, 6.45) is 5.01. The highest BCUT2D eigenvalue weighted by molar-refractivity contribution is 7.88. The topological polar surface area (TPSA) is 53.8 Å². The molecule has 0 radical (unpaired) electrons. The smallest absolute Gasteiger partial charge is 0.275 e. The Morgan fingerprint density at radius 3 is 2.57 bits per heavy atom. The van der Waals surface area contributed by atoms with Crippen molar-refractivity contribution < 1.29 is 12.8 Å². The molecule has 0 amide bonds. The van der Waals surface area contributed by atoms with Gasteiger partial charge >= 0.3 is 0 Å². The van der Waals surface area contributed by atoms with Crippen LogP contribution < -0.4 is 0 Å². The van der Waals surface area contributed by atoms with Gasteiger partial charge in [0.25, 0.3) is 10.0 Å². The van der Waals surface area contributed by atoms with Crippen LogP contribution in [0.2, 0.25) is 0 Å². The molecule has 1 aliphatic carbocycles. The van der Waals surface area contributed by atoms with E-state index < -0.39 is 10.0 Å². The van der Waals surface area contributed by atoms with Gasteiger partial charge in [0.2, 0.25) is 5.09 Å². The van der Waals surface area contributed by atoms with E-state index in [4.69, 9.17) is 4.42 Å². The highest BCUT2D eigenvalue weighted by atomic mass is 32.2. The van der Waals surface area contributed by atoms with Crippen molar-refractivity contribution in [2.45, 2.75) is 50.3 Å². The Kier molecular flexibility index (Phi) is 5.11. The minimum absolute atomic E-state index is 0.0212. The second-order valence-electron chi connectivity index (χ2n) is 6.35. The molecule has 2 rings (SSSR count). The average molecular weight is 314 g/mol. The average Bonchev–Trinajstić information content (AvgIpc) is 2.87. The molecule has 1 aromatic heterocycles. The molecule has 1 saturated carbocycles. The van der Waals surface area contributed by atoms with Crippen LogP contribution in [-0.2, 0) is 16.6 Å². The molecule has 5 nitrogen and oxygen atoms in total. The SMILES string of the molecule is C[C@@H]1CCC[C@@H](N(C)Cc2ccc(S(=O)(=O)N(C)C)o2)C1. The molecule has 1 fully saturated rings. The second kappa shape index (κ2) is 6.50. The first-order valence-corrected chi connectivity index (χ1v) is 8.96. The monoisotopic (exact) mass is 314 g/mol. The van der Waals surface area contributed by atoms with Crippen LogP contribution in [0.25, 0.3) is 0 Å². The van der Waals surface area contributed by atoms with Gasteiger partial charge in [0.05, 0.1) is 6.54 Å². The van der Waals surface area contributed by atoms with E-state index >= 15 is 0 Å². The van der Waals surface area contributed by atoms with Crippen LogP contribution in [-0.4, -0.2) is 44.8 Å². The lowest BCUT2D eigenvalue weighted by atomic mass is 9.86. The summed E-state index contributed by atoms with van der Waals surface area (Å²) < 4.78 is 30.7. The highest BCUT2D eigenvalue weighted by Gasteiger charge is 2.25. The summed E-state index contributed by atoms with van der Waals surface area (Å²) in [5.41, 5.74) is 0. The summed E-state index contributed by atoms with van der Waals surface area (Å²) in [4.78, 5) is 2.28.